The quantitative estimate of drug-likeness (QED) is 0.846. The number of methoxy groups -OCH3 is 1. The van der Waals surface area contributed by atoms with Crippen molar-refractivity contribution in [2.75, 3.05) is 12.4 Å². The molecule has 0 unspecified atom stereocenters. The average Bonchev–Trinajstić information content (AvgIpc) is 2.43. The molecule has 0 saturated carbocycles. The van der Waals surface area contributed by atoms with E-state index in [1.807, 2.05) is 0 Å². The summed E-state index contributed by atoms with van der Waals surface area (Å²) in [6, 6.07) is 5.56. The van der Waals surface area contributed by atoms with Crippen molar-refractivity contribution in [1.29, 1.82) is 0 Å². The highest BCUT2D eigenvalue weighted by Crippen LogP contribution is 2.23. The van der Waals surface area contributed by atoms with Gasteiger partial charge in [0.15, 0.2) is 11.6 Å². The number of anilines is 1. The third kappa shape index (κ3) is 3.26. The van der Waals surface area contributed by atoms with Gasteiger partial charge in [-0.05, 0) is 34.1 Å². The Morgan fingerprint density at radius 1 is 1.45 bits per heavy atom. The summed E-state index contributed by atoms with van der Waals surface area (Å²) in [7, 11) is 1.35. The van der Waals surface area contributed by atoms with Crippen LogP contribution in [0.3, 0.4) is 0 Å². The first-order valence-corrected chi connectivity index (χ1v) is 6.64. The standard InChI is InChI=1S/C13H9BrClFN2O2/c1-20-11-5-8(2-3-10(11)16)18-13(19)9-4-7(14)6-17-12(9)15/h2-6H,1H3,(H,18,19). The van der Waals surface area contributed by atoms with Gasteiger partial charge in [-0.1, -0.05) is 11.6 Å². The SMILES string of the molecule is COc1cc(NC(=O)c2cc(Br)cnc2Cl)ccc1F. The van der Waals surface area contributed by atoms with Gasteiger partial charge in [-0.15, -0.1) is 0 Å². The van der Waals surface area contributed by atoms with Crippen molar-refractivity contribution >= 4 is 39.1 Å². The van der Waals surface area contributed by atoms with Gasteiger partial charge in [0.25, 0.3) is 5.91 Å². The molecule has 0 bridgehead atoms. The Kier molecular flexibility index (Phi) is 4.57. The van der Waals surface area contributed by atoms with E-state index in [9.17, 15) is 9.18 Å². The number of halogens is 3. The number of hydrogen-bond donors (Lipinski definition) is 1. The number of hydrogen-bond acceptors (Lipinski definition) is 3. The van der Waals surface area contributed by atoms with E-state index in [2.05, 4.69) is 26.2 Å². The third-order valence-corrected chi connectivity index (χ3v) is 3.19. The Balaban J connectivity index is 2.25. The van der Waals surface area contributed by atoms with E-state index in [-0.39, 0.29) is 16.5 Å². The zero-order chi connectivity index (χ0) is 14.7. The van der Waals surface area contributed by atoms with Crippen LogP contribution in [0.2, 0.25) is 5.15 Å². The van der Waals surface area contributed by atoms with Gasteiger partial charge in [0.2, 0.25) is 0 Å². The molecular weight excluding hydrogens is 351 g/mol. The number of nitrogens with one attached hydrogen (secondary N) is 1. The fourth-order valence-electron chi connectivity index (χ4n) is 1.52. The molecule has 20 heavy (non-hydrogen) atoms. The number of benzene rings is 1. The molecule has 1 aromatic heterocycles. The topological polar surface area (TPSA) is 51.2 Å². The highest BCUT2D eigenvalue weighted by Gasteiger charge is 2.13. The third-order valence-electron chi connectivity index (χ3n) is 2.46. The maximum Gasteiger partial charge on any atom is 0.258 e. The molecule has 0 saturated heterocycles. The molecule has 1 heterocycles. The minimum absolute atomic E-state index is 0.0428. The molecule has 0 aliphatic heterocycles. The first-order chi connectivity index (χ1) is 9.51. The maximum atomic E-state index is 13.3. The van der Waals surface area contributed by atoms with Crippen molar-refractivity contribution in [2.24, 2.45) is 0 Å². The Morgan fingerprint density at radius 3 is 2.90 bits per heavy atom. The smallest absolute Gasteiger partial charge is 0.258 e. The van der Waals surface area contributed by atoms with Crippen LogP contribution in [0.15, 0.2) is 34.9 Å². The van der Waals surface area contributed by atoms with E-state index in [0.717, 1.165) is 0 Å². The van der Waals surface area contributed by atoms with E-state index < -0.39 is 11.7 Å². The first kappa shape index (κ1) is 14.7. The largest absolute Gasteiger partial charge is 0.494 e. The minimum atomic E-state index is -0.507. The molecule has 0 aliphatic rings. The van der Waals surface area contributed by atoms with E-state index in [1.54, 1.807) is 6.07 Å². The number of amides is 1. The lowest BCUT2D eigenvalue weighted by Gasteiger charge is -2.08. The van der Waals surface area contributed by atoms with Gasteiger partial charge in [0.05, 0.1) is 12.7 Å². The van der Waals surface area contributed by atoms with Crippen molar-refractivity contribution in [3.63, 3.8) is 0 Å². The van der Waals surface area contributed by atoms with Crippen molar-refractivity contribution in [1.82, 2.24) is 4.98 Å². The molecule has 1 aromatic carbocycles. The van der Waals surface area contributed by atoms with Gasteiger partial charge in [-0.2, -0.15) is 0 Å². The highest BCUT2D eigenvalue weighted by atomic mass is 79.9. The molecule has 0 fully saturated rings. The number of ether oxygens (including phenoxy) is 1. The fourth-order valence-corrected chi connectivity index (χ4v) is 2.04. The second-order valence-corrected chi connectivity index (χ2v) is 5.07. The molecule has 1 amide bonds. The van der Waals surface area contributed by atoms with Crippen molar-refractivity contribution < 1.29 is 13.9 Å². The molecule has 2 rings (SSSR count). The van der Waals surface area contributed by atoms with E-state index >= 15 is 0 Å². The summed E-state index contributed by atoms with van der Waals surface area (Å²) in [5.41, 5.74) is 0.605. The van der Waals surface area contributed by atoms with Crippen LogP contribution < -0.4 is 10.1 Å². The lowest BCUT2D eigenvalue weighted by Crippen LogP contribution is -2.13. The van der Waals surface area contributed by atoms with Crippen LogP contribution in [-0.4, -0.2) is 18.0 Å². The Hall–Kier alpha value is -1.66. The van der Waals surface area contributed by atoms with Crippen LogP contribution in [0, 0.1) is 5.82 Å². The lowest BCUT2D eigenvalue weighted by molar-refractivity contribution is 0.102. The minimum Gasteiger partial charge on any atom is -0.494 e. The number of carbonyl (C=O) groups is 1. The maximum absolute atomic E-state index is 13.3. The molecule has 0 aliphatic carbocycles. The van der Waals surface area contributed by atoms with E-state index in [4.69, 9.17) is 16.3 Å². The number of nitrogens with zero attached hydrogens (tertiary/aromatic N) is 1. The molecular formula is C13H9BrClFN2O2. The summed E-state index contributed by atoms with van der Waals surface area (Å²) < 4.78 is 18.7. The number of pyridine rings is 1. The van der Waals surface area contributed by atoms with Gasteiger partial charge in [-0.25, -0.2) is 9.37 Å². The lowest BCUT2D eigenvalue weighted by atomic mass is 10.2. The predicted molar refractivity (Wildman–Crippen MR) is 77.9 cm³/mol. The van der Waals surface area contributed by atoms with Crippen LogP contribution >= 0.6 is 27.5 Å². The summed E-state index contributed by atoms with van der Waals surface area (Å²) in [5.74, 6) is -0.911. The van der Waals surface area contributed by atoms with Gasteiger partial charge < -0.3 is 10.1 Å². The predicted octanol–water partition coefficient (Wildman–Crippen LogP) is 3.90. The molecule has 0 spiro atoms. The van der Waals surface area contributed by atoms with Gasteiger partial charge in [0, 0.05) is 22.4 Å². The molecule has 0 atom stereocenters. The molecule has 2 aromatic rings. The summed E-state index contributed by atoms with van der Waals surface area (Å²) >= 11 is 9.08. The van der Waals surface area contributed by atoms with Crippen molar-refractivity contribution in [3.05, 3.63) is 51.5 Å². The molecule has 7 heteroatoms. The van der Waals surface area contributed by atoms with Gasteiger partial charge in [-0.3, -0.25) is 4.79 Å². The summed E-state index contributed by atoms with van der Waals surface area (Å²) in [6.45, 7) is 0. The van der Waals surface area contributed by atoms with Crippen LogP contribution in [0.25, 0.3) is 0 Å². The van der Waals surface area contributed by atoms with E-state index in [1.165, 1.54) is 31.5 Å². The Labute approximate surface area is 128 Å². The number of rotatable bonds is 3. The molecule has 104 valence electrons. The van der Waals surface area contributed by atoms with Crippen LogP contribution in [0.1, 0.15) is 10.4 Å². The summed E-state index contributed by atoms with van der Waals surface area (Å²) in [5, 5.41) is 2.68. The van der Waals surface area contributed by atoms with Crippen molar-refractivity contribution in [3.8, 4) is 5.75 Å². The molecule has 1 N–H and O–H groups in total. The summed E-state index contributed by atoms with van der Waals surface area (Å²) in [4.78, 5) is 15.9. The Morgan fingerprint density at radius 2 is 2.20 bits per heavy atom. The summed E-state index contributed by atoms with van der Waals surface area (Å²) in [6.07, 6.45) is 1.49. The normalized spacial score (nSPS) is 10.2. The monoisotopic (exact) mass is 358 g/mol. The average molecular weight is 360 g/mol. The van der Waals surface area contributed by atoms with Gasteiger partial charge in [0.1, 0.15) is 5.15 Å². The number of carbonyl (C=O) groups excluding carboxylic acids is 1. The van der Waals surface area contributed by atoms with E-state index in [0.29, 0.717) is 10.2 Å². The van der Waals surface area contributed by atoms with Crippen LogP contribution in [0.4, 0.5) is 10.1 Å². The molecule has 4 nitrogen and oxygen atoms in total. The second-order valence-electron chi connectivity index (χ2n) is 3.80. The highest BCUT2D eigenvalue weighted by molar-refractivity contribution is 9.10. The number of aromatic nitrogens is 1. The Bertz CT molecular complexity index is 667. The fraction of sp³-hybridized carbons (Fsp3) is 0.0769. The molecule has 0 radical (unpaired) electrons. The van der Waals surface area contributed by atoms with Crippen molar-refractivity contribution in [2.45, 2.75) is 0 Å². The van der Waals surface area contributed by atoms with Crippen LogP contribution in [0.5, 0.6) is 5.75 Å². The second kappa shape index (κ2) is 6.19. The zero-order valence-electron chi connectivity index (χ0n) is 10.3. The van der Waals surface area contributed by atoms with Gasteiger partial charge >= 0.3 is 0 Å². The first-order valence-electron chi connectivity index (χ1n) is 5.47. The zero-order valence-corrected chi connectivity index (χ0v) is 12.6. The van der Waals surface area contributed by atoms with Crippen LogP contribution in [-0.2, 0) is 0 Å².